The largest absolute Gasteiger partial charge is 0.465 e. The second-order valence-electron chi connectivity index (χ2n) is 3.37. The summed E-state index contributed by atoms with van der Waals surface area (Å²) in [6.45, 7) is 0. The number of benzene rings is 1. The molecule has 1 aromatic carbocycles. The number of carbonyl (C=O) groups is 1. The van der Waals surface area contributed by atoms with E-state index >= 15 is 0 Å². The lowest BCUT2D eigenvalue weighted by molar-refractivity contribution is 0.0603. The van der Waals surface area contributed by atoms with Crippen LogP contribution in [-0.2, 0) is 4.74 Å². The van der Waals surface area contributed by atoms with Gasteiger partial charge in [-0.05, 0) is 6.07 Å². The highest BCUT2D eigenvalue weighted by Gasteiger charge is 2.19. The molecule has 4 N–H and O–H groups in total. The summed E-state index contributed by atoms with van der Waals surface area (Å²) in [4.78, 5) is 11.7. The van der Waals surface area contributed by atoms with Crippen molar-refractivity contribution in [2.75, 3.05) is 18.6 Å². The van der Waals surface area contributed by atoms with Crippen LogP contribution in [0.1, 0.15) is 10.4 Å². The fraction of sp³-hybridized carbons (Fsp3) is 0.0909. The molecular formula is C11H11N3O3. The normalized spacial score (nSPS) is 10.2. The van der Waals surface area contributed by atoms with Gasteiger partial charge in [-0.3, -0.25) is 0 Å². The Labute approximate surface area is 97.1 Å². The SMILES string of the molecule is COC(=O)c1c(N)cccc1-c1cnoc1N. The van der Waals surface area contributed by atoms with Crippen molar-refractivity contribution >= 4 is 17.5 Å². The lowest BCUT2D eigenvalue weighted by Gasteiger charge is -2.08. The number of nitrogens with zero attached hydrogens (tertiary/aromatic N) is 1. The molecule has 0 aliphatic rings. The molecular weight excluding hydrogens is 222 g/mol. The molecule has 2 aromatic rings. The number of carbonyl (C=O) groups excluding carboxylic acids is 1. The molecule has 0 saturated heterocycles. The number of nitrogens with two attached hydrogens (primary N) is 2. The zero-order valence-corrected chi connectivity index (χ0v) is 9.14. The average molecular weight is 233 g/mol. The van der Waals surface area contributed by atoms with E-state index in [2.05, 4.69) is 9.89 Å². The number of rotatable bonds is 2. The van der Waals surface area contributed by atoms with Gasteiger partial charge in [0.25, 0.3) is 0 Å². The molecule has 6 nitrogen and oxygen atoms in total. The quantitative estimate of drug-likeness (QED) is 0.598. The van der Waals surface area contributed by atoms with Gasteiger partial charge in [0.2, 0.25) is 5.88 Å². The Morgan fingerprint density at radius 3 is 2.71 bits per heavy atom. The maximum absolute atomic E-state index is 11.7. The Morgan fingerprint density at radius 2 is 2.12 bits per heavy atom. The van der Waals surface area contributed by atoms with E-state index < -0.39 is 5.97 Å². The van der Waals surface area contributed by atoms with Crippen LogP contribution < -0.4 is 11.5 Å². The summed E-state index contributed by atoms with van der Waals surface area (Å²) < 4.78 is 9.45. The second-order valence-corrected chi connectivity index (χ2v) is 3.37. The summed E-state index contributed by atoms with van der Waals surface area (Å²) in [5, 5.41) is 3.56. The van der Waals surface area contributed by atoms with Gasteiger partial charge in [-0.25, -0.2) is 4.79 Å². The smallest absolute Gasteiger partial charge is 0.340 e. The number of methoxy groups -OCH3 is 1. The Balaban J connectivity index is 2.66. The van der Waals surface area contributed by atoms with Crippen LogP contribution in [0, 0.1) is 0 Å². The Morgan fingerprint density at radius 1 is 1.35 bits per heavy atom. The van der Waals surface area contributed by atoms with Crippen LogP contribution in [0.5, 0.6) is 0 Å². The van der Waals surface area contributed by atoms with Gasteiger partial charge in [-0.2, -0.15) is 0 Å². The third-order valence-electron chi connectivity index (χ3n) is 2.37. The maximum Gasteiger partial charge on any atom is 0.340 e. The molecule has 17 heavy (non-hydrogen) atoms. The Hall–Kier alpha value is -2.50. The van der Waals surface area contributed by atoms with Crippen LogP contribution >= 0.6 is 0 Å². The molecule has 0 unspecified atom stereocenters. The van der Waals surface area contributed by atoms with E-state index in [1.807, 2.05) is 0 Å². The highest BCUT2D eigenvalue weighted by atomic mass is 16.5. The molecule has 88 valence electrons. The molecule has 0 saturated carbocycles. The van der Waals surface area contributed by atoms with Crippen molar-refractivity contribution in [1.29, 1.82) is 0 Å². The van der Waals surface area contributed by atoms with Crippen LogP contribution in [0.2, 0.25) is 0 Å². The van der Waals surface area contributed by atoms with Gasteiger partial charge in [0.05, 0.1) is 24.4 Å². The van der Waals surface area contributed by atoms with Crippen LogP contribution in [0.15, 0.2) is 28.9 Å². The second kappa shape index (κ2) is 4.17. The van der Waals surface area contributed by atoms with Crippen molar-refractivity contribution in [3.05, 3.63) is 30.0 Å². The maximum atomic E-state index is 11.7. The third-order valence-corrected chi connectivity index (χ3v) is 2.37. The van der Waals surface area contributed by atoms with E-state index in [0.29, 0.717) is 16.8 Å². The van der Waals surface area contributed by atoms with Crippen molar-refractivity contribution in [1.82, 2.24) is 5.16 Å². The first-order valence-electron chi connectivity index (χ1n) is 4.82. The van der Waals surface area contributed by atoms with E-state index in [0.717, 1.165) is 0 Å². The number of esters is 1. The molecule has 2 rings (SSSR count). The zero-order chi connectivity index (χ0) is 12.4. The minimum atomic E-state index is -0.529. The first-order valence-corrected chi connectivity index (χ1v) is 4.82. The highest BCUT2D eigenvalue weighted by Crippen LogP contribution is 2.31. The zero-order valence-electron chi connectivity index (χ0n) is 9.14. The lowest BCUT2D eigenvalue weighted by atomic mass is 10.0. The average Bonchev–Trinajstić information content (AvgIpc) is 2.74. The molecule has 0 radical (unpaired) electrons. The van der Waals surface area contributed by atoms with Gasteiger partial charge in [-0.1, -0.05) is 17.3 Å². The first-order chi connectivity index (χ1) is 8.15. The van der Waals surface area contributed by atoms with Crippen molar-refractivity contribution in [3.63, 3.8) is 0 Å². The Bertz CT molecular complexity index is 563. The predicted molar refractivity (Wildman–Crippen MR) is 62.1 cm³/mol. The van der Waals surface area contributed by atoms with Crippen molar-refractivity contribution in [2.24, 2.45) is 0 Å². The van der Waals surface area contributed by atoms with E-state index in [1.165, 1.54) is 13.3 Å². The minimum absolute atomic E-state index is 0.126. The van der Waals surface area contributed by atoms with Gasteiger partial charge < -0.3 is 20.7 Å². The molecule has 0 spiro atoms. The highest BCUT2D eigenvalue weighted by molar-refractivity contribution is 6.03. The van der Waals surface area contributed by atoms with E-state index in [-0.39, 0.29) is 11.4 Å². The van der Waals surface area contributed by atoms with Gasteiger partial charge >= 0.3 is 5.97 Å². The van der Waals surface area contributed by atoms with Crippen LogP contribution in [0.4, 0.5) is 11.6 Å². The van der Waals surface area contributed by atoms with Crippen molar-refractivity contribution < 1.29 is 14.1 Å². The number of nitrogen functional groups attached to an aromatic ring is 2. The molecule has 1 heterocycles. The van der Waals surface area contributed by atoms with E-state index in [9.17, 15) is 4.79 Å². The topological polar surface area (TPSA) is 104 Å². The number of anilines is 2. The molecule has 0 atom stereocenters. The van der Waals surface area contributed by atoms with Crippen LogP contribution in [-0.4, -0.2) is 18.2 Å². The summed E-state index contributed by atoms with van der Waals surface area (Å²) in [5.74, 6) is -0.403. The van der Waals surface area contributed by atoms with Crippen LogP contribution in [0.25, 0.3) is 11.1 Å². The fourth-order valence-electron chi connectivity index (χ4n) is 1.58. The molecule has 1 aromatic heterocycles. The summed E-state index contributed by atoms with van der Waals surface area (Å²) in [5.41, 5.74) is 13.0. The first kappa shape index (κ1) is 11.0. The summed E-state index contributed by atoms with van der Waals surface area (Å²) >= 11 is 0. The predicted octanol–water partition coefficient (Wildman–Crippen LogP) is 1.29. The number of hydrogen-bond donors (Lipinski definition) is 2. The molecule has 0 amide bonds. The van der Waals surface area contributed by atoms with E-state index in [1.54, 1.807) is 18.2 Å². The van der Waals surface area contributed by atoms with E-state index in [4.69, 9.17) is 16.0 Å². The summed E-state index contributed by atoms with van der Waals surface area (Å²) in [6, 6.07) is 5.02. The van der Waals surface area contributed by atoms with Gasteiger partial charge in [0.1, 0.15) is 0 Å². The fourth-order valence-corrected chi connectivity index (χ4v) is 1.58. The van der Waals surface area contributed by atoms with Gasteiger partial charge in [0, 0.05) is 11.3 Å². The standard InChI is InChI=1S/C11H11N3O3/c1-16-11(15)9-6(3-2-4-8(9)12)7-5-14-17-10(7)13/h2-5H,12-13H2,1H3. The summed E-state index contributed by atoms with van der Waals surface area (Å²) in [6.07, 6.45) is 1.43. The van der Waals surface area contributed by atoms with Crippen molar-refractivity contribution in [2.45, 2.75) is 0 Å². The van der Waals surface area contributed by atoms with Gasteiger partial charge in [-0.15, -0.1) is 0 Å². The third kappa shape index (κ3) is 1.80. The van der Waals surface area contributed by atoms with Gasteiger partial charge in [0.15, 0.2) is 0 Å². The molecule has 0 bridgehead atoms. The number of hydrogen-bond acceptors (Lipinski definition) is 6. The Kier molecular flexibility index (Phi) is 2.70. The number of aromatic nitrogens is 1. The molecule has 6 heteroatoms. The van der Waals surface area contributed by atoms with Crippen molar-refractivity contribution in [3.8, 4) is 11.1 Å². The minimum Gasteiger partial charge on any atom is -0.465 e. The number of ether oxygens (including phenoxy) is 1. The molecule has 0 fully saturated rings. The molecule has 0 aliphatic heterocycles. The lowest BCUT2D eigenvalue weighted by Crippen LogP contribution is -2.07. The summed E-state index contributed by atoms with van der Waals surface area (Å²) in [7, 11) is 1.29. The van der Waals surface area contributed by atoms with Crippen LogP contribution in [0.3, 0.4) is 0 Å². The molecule has 0 aliphatic carbocycles. The monoisotopic (exact) mass is 233 g/mol.